The fraction of sp³-hybridized carbons (Fsp3) is 0.643. The first kappa shape index (κ1) is 14.9. The molecule has 1 atom stereocenters. The lowest BCUT2D eigenvalue weighted by molar-refractivity contribution is 0.481. The molecule has 0 spiro atoms. The fourth-order valence-electron chi connectivity index (χ4n) is 2.26. The Morgan fingerprint density at radius 2 is 2.28 bits per heavy atom. The van der Waals surface area contributed by atoms with Crippen molar-refractivity contribution in [3.05, 3.63) is 30.1 Å². The third-order valence-corrected chi connectivity index (χ3v) is 3.25. The third-order valence-electron chi connectivity index (χ3n) is 3.25. The van der Waals surface area contributed by atoms with Crippen molar-refractivity contribution in [3.63, 3.8) is 0 Å². The lowest BCUT2D eigenvalue weighted by atomic mass is 10.00. The number of nitrogens with two attached hydrogens (primary N) is 1. The van der Waals surface area contributed by atoms with E-state index in [1.54, 1.807) is 0 Å². The highest BCUT2D eigenvalue weighted by Crippen LogP contribution is 2.22. The lowest BCUT2D eigenvalue weighted by Crippen LogP contribution is -2.28. The number of nitrogens with zero attached hydrogens (tertiary/aromatic N) is 2. The molecule has 0 aromatic carbocycles. The second kappa shape index (κ2) is 8.06. The Hall–Kier alpha value is -1.13. The van der Waals surface area contributed by atoms with Crippen molar-refractivity contribution in [2.24, 2.45) is 12.9 Å². The van der Waals surface area contributed by atoms with Crippen LogP contribution in [-0.2, 0) is 13.5 Å². The van der Waals surface area contributed by atoms with Crippen LogP contribution in [0.3, 0.4) is 0 Å². The molecule has 1 aromatic rings. The van der Waals surface area contributed by atoms with Crippen molar-refractivity contribution in [3.8, 4) is 0 Å². The molecule has 0 aliphatic rings. The zero-order chi connectivity index (χ0) is 13.4. The summed E-state index contributed by atoms with van der Waals surface area (Å²) in [5, 5.41) is 4.46. The first-order valence-electron chi connectivity index (χ1n) is 6.82. The molecule has 102 valence electrons. The van der Waals surface area contributed by atoms with Gasteiger partial charge in [0.1, 0.15) is 0 Å². The Kier molecular flexibility index (Phi) is 6.68. The van der Waals surface area contributed by atoms with Crippen LogP contribution in [0.1, 0.15) is 56.3 Å². The van der Waals surface area contributed by atoms with Crippen molar-refractivity contribution in [1.82, 2.24) is 15.2 Å². The van der Waals surface area contributed by atoms with Gasteiger partial charge in [-0.3, -0.25) is 16.0 Å². The number of hydrazine groups is 1. The van der Waals surface area contributed by atoms with Gasteiger partial charge in [-0.15, -0.1) is 6.58 Å². The molecule has 4 nitrogen and oxygen atoms in total. The van der Waals surface area contributed by atoms with Crippen LogP contribution in [0.15, 0.2) is 18.9 Å². The molecular formula is C14H26N4. The fourth-order valence-corrected chi connectivity index (χ4v) is 2.26. The lowest BCUT2D eigenvalue weighted by Gasteiger charge is -2.15. The molecule has 0 saturated carbocycles. The van der Waals surface area contributed by atoms with E-state index in [1.165, 1.54) is 24.8 Å². The van der Waals surface area contributed by atoms with Gasteiger partial charge < -0.3 is 0 Å². The zero-order valence-corrected chi connectivity index (χ0v) is 11.7. The SMILES string of the molecule is C=CCCCCCC(NN)c1cn(C)nc1CC. The average molecular weight is 250 g/mol. The van der Waals surface area contributed by atoms with Crippen molar-refractivity contribution in [2.75, 3.05) is 0 Å². The van der Waals surface area contributed by atoms with E-state index in [2.05, 4.69) is 30.2 Å². The smallest absolute Gasteiger partial charge is 0.0670 e. The highest BCUT2D eigenvalue weighted by atomic mass is 15.3. The standard InChI is InChI=1S/C14H26N4/c1-4-6-7-8-9-10-14(16-15)12-11-18(3)17-13(12)5-2/h4,11,14,16H,1,5-10,15H2,2-3H3. The van der Waals surface area contributed by atoms with E-state index in [4.69, 9.17) is 5.84 Å². The second-order valence-corrected chi connectivity index (χ2v) is 4.70. The number of hydrogen-bond acceptors (Lipinski definition) is 3. The van der Waals surface area contributed by atoms with Crippen LogP contribution in [0.25, 0.3) is 0 Å². The zero-order valence-electron chi connectivity index (χ0n) is 11.7. The van der Waals surface area contributed by atoms with Crippen molar-refractivity contribution in [2.45, 2.75) is 51.5 Å². The average Bonchev–Trinajstić information content (AvgIpc) is 2.75. The van der Waals surface area contributed by atoms with Gasteiger partial charge in [0.2, 0.25) is 0 Å². The summed E-state index contributed by atoms with van der Waals surface area (Å²) in [7, 11) is 1.96. The van der Waals surface area contributed by atoms with Crippen LogP contribution in [0, 0.1) is 0 Å². The Bertz CT molecular complexity index is 357. The predicted molar refractivity (Wildman–Crippen MR) is 75.9 cm³/mol. The summed E-state index contributed by atoms with van der Waals surface area (Å²) in [6.45, 7) is 5.87. The summed E-state index contributed by atoms with van der Waals surface area (Å²) in [4.78, 5) is 0. The Labute approximate surface area is 110 Å². The van der Waals surface area contributed by atoms with Gasteiger partial charge in [-0.2, -0.15) is 5.10 Å². The van der Waals surface area contributed by atoms with Gasteiger partial charge in [-0.1, -0.05) is 25.8 Å². The van der Waals surface area contributed by atoms with E-state index in [0.29, 0.717) is 0 Å². The molecule has 0 saturated heterocycles. The molecule has 0 aliphatic carbocycles. The number of aryl methyl sites for hydroxylation is 2. The van der Waals surface area contributed by atoms with Gasteiger partial charge in [0.05, 0.1) is 5.69 Å². The van der Waals surface area contributed by atoms with Crippen molar-refractivity contribution < 1.29 is 0 Å². The molecular weight excluding hydrogens is 224 g/mol. The number of hydrogen-bond donors (Lipinski definition) is 2. The van der Waals surface area contributed by atoms with E-state index >= 15 is 0 Å². The molecule has 4 heteroatoms. The van der Waals surface area contributed by atoms with E-state index in [-0.39, 0.29) is 6.04 Å². The summed E-state index contributed by atoms with van der Waals surface area (Å²) in [5.74, 6) is 5.68. The van der Waals surface area contributed by atoms with E-state index < -0.39 is 0 Å². The Balaban J connectivity index is 2.51. The molecule has 0 amide bonds. The first-order valence-corrected chi connectivity index (χ1v) is 6.82. The minimum atomic E-state index is 0.220. The Morgan fingerprint density at radius 1 is 1.50 bits per heavy atom. The van der Waals surface area contributed by atoms with Crippen LogP contribution in [-0.4, -0.2) is 9.78 Å². The normalized spacial score (nSPS) is 12.6. The topological polar surface area (TPSA) is 55.9 Å². The highest BCUT2D eigenvalue weighted by Gasteiger charge is 2.15. The molecule has 3 N–H and O–H groups in total. The van der Waals surface area contributed by atoms with E-state index in [1.807, 2.05) is 17.8 Å². The molecule has 0 fully saturated rings. The van der Waals surface area contributed by atoms with Gasteiger partial charge in [0.25, 0.3) is 0 Å². The summed E-state index contributed by atoms with van der Waals surface area (Å²) in [6.07, 6.45) is 10.8. The number of nitrogens with one attached hydrogen (secondary N) is 1. The molecule has 1 unspecified atom stereocenters. The molecule has 0 bridgehead atoms. The van der Waals surface area contributed by atoms with Crippen LogP contribution >= 0.6 is 0 Å². The van der Waals surface area contributed by atoms with Gasteiger partial charge in [0.15, 0.2) is 0 Å². The van der Waals surface area contributed by atoms with Gasteiger partial charge in [-0.25, -0.2) is 0 Å². The van der Waals surface area contributed by atoms with Crippen molar-refractivity contribution >= 4 is 0 Å². The maximum atomic E-state index is 5.68. The quantitative estimate of drug-likeness (QED) is 0.306. The number of rotatable bonds is 9. The number of unbranched alkanes of at least 4 members (excludes halogenated alkanes) is 3. The molecule has 1 rings (SSSR count). The summed E-state index contributed by atoms with van der Waals surface area (Å²) < 4.78 is 1.87. The van der Waals surface area contributed by atoms with Crippen LogP contribution < -0.4 is 11.3 Å². The van der Waals surface area contributed by atoms with Crippen LogP contribution in [0.5, 0.6) is 0 Å². The van der Waals surface area contributed by atoms with E-state index in [0.717, 1.165) is 25.0 Å². The minimum Gasteiger partial charge on any atom is -0.275 e. The van der Waals surface area contributed by atoms with Gasteiger partial charge >= 0.3 is 0 Å². The number of aromatic nitrogens is 2. The molecule has 0 radical (unpaired) electrons. The maximum Gasteiger partial charge on any atom is 0.0670 e. The number of allylic oxidation sites excluding steroid dienone is 1. The molecule has 1 aromatic heterocycles. The maximum absolute atomic E-state index is 5.68. The monoisotopic (exact) mass is 250 g/mol. The molecule has 0 aliphatic heterocycles. The minimum absolute atomic E-state index is 0.220. The second-order valence-electron chi connectivity index (χ2n) is 4.70. The van der Waals surface area contributed by atoms with E-state index in [9.17, 15) is 0 Å². The summed E-state index contributed by atoms with van der Waals surface area (Å²) in [5.41, 5.74) is 5.31. The van der Waals surface area contributed by atoms with Gasteiger partial charge in [0, 0.05) is 24.8 Å². The predicted octanol–water partition coefficient (Wildman–Crippen LogP) is 2.62. The third kappa shape index (κ3) is 4.27. The first-order chi connectivity index (χ1) is 8.72. The summed E-state index contributed by atoms with van der Waals surface area (Å²) in [6, 6.07) is 0.220. The van der Waals surface area contributed by atoms with Crippen molar-refractivity contribution in [1.29, 1.82) is 0 Å². The molecule has 1 heterocycles. The van der Waals surface area contributed by atoms with Crippen LogP contribution in [0.2, 0.25) is 0 Å². The summed E-state index contributed by atoms with van der Waals surface area (Å²) >= 11 is 0. The van der Waals surface area contributed by atoms with Crippen LogP contribution in [0.4, 0.5) is 0 Å². The molecule has 18 heavy (non-hydrogen) atoms. The Morgan fingerprint density at radius 3 is 2.89 bits per heavy atom. The largest absolute Gasteiger partial charge is 0.275 e. The van der Waals surface area contributed by atoms with Gasteiger partial charge in [-0.05, 0) is 25.7 Å². The highest BCUT2D eigenvalue weighted by molar-refractivity contribution is 5.21.